The molecule has 0 aliphatic rings. The molecule has 0 aromatic heterocycles. The first-order valence-electron chi connectivity index (χ1n) is 14.5. The molecule has 2 nitrogen and oxygen atoms in total. The lowest BCUT2D eigenvalue weighted by Crippen LogP contribution is -2.16. The molecule has 0 aliphatic carbocycles. The second-order valence-corrected chi connectivity index (χ2v) is 15.2. The lowest BCUT2D eigenvalue weighted by molar-refractivity contribution is 0.373. The van der Waals surface area contributed by atoms with Crippen LogP contribution in [0, 0.1) is 23.7 Å². The molecule has 3 rings (SSSR count). The fourth-order valence-electron chi connectivity index (χ4n) is 4.35. The summed E-state index contributed by atoms with van der Waals surface area (Å²) in [7, 11) is 1.55. The maximum atomic E-state index is 10.6. The standard InChI is InChI=1S/C39H48O2/c1-36(2,3)30-18-26(19-31(24-30)37(4,5)6)14-16-28-22-34(40)35(41-13)23-29(28)17-15-27-20-32(38(7,8)9)25-33(21-27)39(10,11)12/h18-25,40H,1-13H3. The number of methoxy groups -OCH3 is 1. The average molecular weight is 549 g/mol. The summed E-state index contributed by atoms with van der Waals surface area (Å²) in [5.74, 6) is 13.9. The summed E-state index contributed by atoms with van der Waals surface area (Å²) in [4.78, 5) is 0. The first-order valence-corrected chi connectivity index (χ1v) is 14.5. The van der Waals surface area contributed by atoms with Gasteiger partial charge in [-0.3, -0.25) is 0 Å². The molecule has 0 aliphatic heterocycles. The van der Waals surface area contributed by atoms with Gasteiger partial charge in [0.25, 0.3) is 0 Å². The number of aromatic hydroxyl groups is 1. The predicted octanol–water partition coefficient (Wildman–Crippen LogP) is 9.39. The Morgan fingerprint density at radius 1 is 0.463 bits per heavy atom. The molecular formula is C39H48O2. The van der Waals surface area contributed by atoms with Crippen molar-refractivity contribution in [3.63, 3.8) is 0 Å². The van der Waals surface area contributed by atoms with E-state index in [1.54, 1.807) is 19.2 Å². The van der Waals surface area contributed by atoms with Gasteiger partial charge in [0.05, 0.1) is 7.11 Å². The number of phenolic OH excluding ortho intramolecular Hbond substituents is 1. The van der Waals surface area contributed by atoms with E-state index in [2.05, 4.69) is 143 Å². The first kappa shape index (κ1) is 31.9. The molecule has 0 heterocycles. The smallest absolute Gasteiger partial charge is 0.161 e. The van der Waals surface area contributed by atoms with Crippen LogP contribution in [0.5, 0.6) is 11.5 Å². The fourth-order valence-corrected chi connectivity index (χ4v) is 4.35. The van der Waals surface area contributed by atoms with Crippen LogP contribution in [-0.2, 0) is 21.7 Å². The number of hydrogen-bond donors (Lipinski definition) is 1. The fraction of sp³-hybridized carbons (Fsp3) is 0.436. The average Bonchev–Trinajstić information content (AvgIpc) is 2.84. The lowest BCUT2D eigenvalue weighted by Gasteiger charge is -2.25. The van der Waals surface area contributed by atoms with Gasteiger partial charge < -0.3 is 9.84 Å². The molecule has 2 heteroatoms. The van der Waals surface area contributed by atoms with E-state index < -0.39 is 0 Å². The maximum absolute atomic E-state index is 10.6. The Bertz CT molecular complexity index is 1490. The van der Waals surface area contributed by atoms with Gasteiger partial charge in [0.1, 0.15) is 0 Å². The van der Waals surface area contributed by atoms with Crippen molar-refractivity contribution in [3.8, 4) is 35.2 Å². The molecule has 0 radical (unpaired) electrons. The van der Waals surface area contributed by atoms with E-state index >= 15 is 0 Å². The predicted molar refractivity (Wildman–Crippen MR) is 174 cm³/mol. The van der Waals surface area contributed by atoms with E-state index in [-0.39, 0.29) is 27.4 Å². The third kappa shape index (κ3) is 8.21. The highest BCUT2D eigenvalue weighted by atomic mass is 16.5. The summed E-state index contributed by atoms with van der Waals surface area (Å²) in [5, 5.41) is 10.6. The molecule has 1 N–H and O–H groups in total. The first-order chi connectivity index (χ1) is 18.7. The van der Waals surface area contributed by atoms with Crippen LogP contribution in [0.1, 0.15) is 128 Å². The van der Waals surface area contributed by atoms with E-state index in [4.69, 9.17) is 4.74 Å². The van der Waals surface area contributed by atoms with Crippen LogP contribution in [0.15, 0.2) is 48.5 Å². The maximum Gasteiger partial charge on any atom is 0.161 e. The quantitative estimate of drug-likeness (QED) is 0.307. The van der Waals surface area contributed by atoms with Crippen molar-refractivity contribution in [3.05, 3.63) is 93.0 Å². The molecule has 0 unspecified atom stereocenters. The Morgan fingerprint density at radius 2 is 0.780 bits per heavy atom. The largest absolute Gasteiger partial charge is 0.504 e. The van der Waals surface area contributed by atoms with Gasteiger partial charge in [-0.2, -0.15) is 0 Å². The molecule has 216 valence electrons. The zero-order chi connectivity index (χ0) is 31.0. The number of ether oxygens (including phenoxy) is 1. The molecule has 0 spiro atoms. The van der Waals surface area contributed by atoms with Crippen molar-refractivity contribution in [2.45, 2.75) is 105 Å². The van der Waals surface area contributed by atoms with Crippen LogP contribution in [0.3, 0.4) is 0 Å². The van der Waals surface area contributed by atoms with Gasteiger partial charge in [0, 0.05) is 34.4 Å². The highest BCUT2D eigenvalue weighted by Crippen LogP contribution is 2.33. The van der Waals surface area contributed by atoms with Crippen molar-refractivity contribution >= 4 is 0 Å². The molecule has 0 saturated heterocycles. The summed E-state index contributed by atoms with van der Waals surface area (Å²) < 4.78 is 5.42. The molecule has 0 fully saturated rings. The van der Waals surface area contributed by atoms with Crippen molar-refractivity contribution in [2.24, 2.45) is 0 Å². The monoisotopic (exact) mass is 548 g/mol. The summed E-state index contributed by atoms with van der Waals surface area (Å²) in [5.41, 5.74) is 8.31. The van der Waals surface area contributed by atoms with E-state index in [1.165, 1.54) is 22.3 Å². The minimum Gasteiger partial charge on any atom is -0.504 e. The van der Waals surface area contributed by atoms with Gasteiger partial charge in [0.15, 0.2) is 11.5 Å². The highest BCUT2D eigenvalue weighted by Gasteiger charge is 2.21. The Labute approximate surface area is 249 Å². The van der Waals surface area contributed by atoms with Crippen molar-refractivity contribution < 1.29 is 9.84 Å². The Morgan fingerprint density at radius 3 is 1.07 bits per heavy atom. The lowest BCUT2D eigenvalue weighted by atomic mass is 9.79. The van der Waals surface area contributed by atoms with E-state index in [0.29, 0.717) is 16.9 Å². The number of rotatable bonds is 1. The van der Waals surface area contributed by atoms with E-state index in [1.807, 2.05) is 0 Å². The summed E-state index contributed by atoms with van der Waals surface area (Å²) >= 11 is 0. The van der Waals surface area contributed by atoms with Crippen molar-refractivity contribution in [1.82, 2.24) is 0 Å². The zero-order valence-corrected chi connectivity index (χ0v) is 27.5. The molecular weight excluding hydrogens is 500 g/mol. The SMILES string of the molecule is COc1cc(C#Cc2cc(C(C)(C)C)cc(C(C)(C)C)c2)c(C#Cc2cc(C(C)(C)C)cc(C(C)(C)C)c2)cc1O. The minimum absolute atomic E-state index is 0.000205. The Balaban J connectivity index is 2.20. The number of benzene rings is 3. The molecule has 0 saturated carbocycles. The van der Waals surface area contributed by atoms with Gasteiger partial charge in [-0.15, -0.1) is 0 Å². The van der Waals surface area contributed by atoms with Crippen LogP contribution in [0.2, 0.25) is 0 Å². The number of phenols is 1. The van der Waals surface area contributed by atoms with Crippen LogP contribution >= 0.6 is 0 Å². The van der Waals surface area contributed by atoms with Gasteiger partial charge >= 0.3 is 0 Å². The highest BCUT2D eigenvalue weighted by molar-refractivity contribution is 5.61. The molecule has 3 aromatic rings. The zero-order valence-electron chi connectivity index (χ0n) is 27.5. The van der Waals surface area contributed by atoms with E-state index in [0.717, 1.165) is 11.1 Å². The van der Waals surface area contributed by atoms with Gasteiger partial charge in [-0.05, 0) is 68.2 Å². The van der Waals surface area contributed by atoms with E-state index in [9.17, 15) is 5.11 Å². The molecule has 3 aromatic carbocycles. The molecule has 0 atom stereocenters. The molecule has 0 bridgehead atoms. The summed E-state index contributed by atoms with van der Waals surface area (Å²) in [6.07, 6.45) is 0. The molecule has 41 heavy (non-hydrogen) atoms. The minimum atomic E-state index is 0.000205. The van der Waals surface area contributed by atoms with Crippen molar-refractivity contribution in [2.75, 3.05) is 7.11 Å². The normalized spacial score (nSPS) is 12.2. The molecule has 0 amide bonds. The van der Waals surface area contributed by atoms with Gasteiger partial charge in [-0.1, -0.05) is 119 Å². The van der Waals surface area contributed by atoms with Crippen LogP contribution in [0.25, 0.3) is 0 Å². The van der Waals surface area contributed by atoms with Crippen molar-refractivity contribution in [1.29, 1.82) is 0 Å². The van der Waals surface area contributed by atoms with Crippen LogP contribution in [-0.4, -0.2) is 12.2 Å². The second kappa shape index (κ2) is 11.3. The van der Waals surface area contributed by atoms with Crippen LogP contribution in [0.4, 0.5) is 0 Å². The number of hydrogen-bond acceptors (Lipinski definition) is 2. The third-order valence-electron chi connectivity index (χ3n) is 7.33. The van der Waals surface area contributed by atoms with Crippen LogP contribution < -0.4 is 4.74 Å². The summed E-state index contributed by atoms with van der Waals surface area (Å²) in [6, 6.07) is 16.7. The Kier molecular flexibility index (Phi) is 8.82. The third-order valence-corrected chi connectivity index (χ3v) is 7.33. The Hall–Kier alpha value is -3.62. The topological polar surface area (TPSA) is 29.5 Å². The second-order valence-electron chi connectivity index (χ2n) is 15.2. The van der Waals surface area contributed by atoms with Gasteiger partial charge in [0.2, 0.25) is 0 Å². The van der Waals surface area contributed by atoms with Gasteiger partial charge in [-0.25, -0.2) is 0 Å². The summed E-state index contributed by atoms with van der Waals surface area (Å²) in [6.45, 7) is 26.7.